The molecule has 28 heavy (non-hydrogen) atoms. The number of carbonyl (C=O) groups is 2. The molecule has 6 nitrogen and oxygen atoms in total. The smallest absolute Gasteiger partial charge is 0.251 e. The molecule has 1 aliphatic rings. The Balaban J connectivity index is 1.46. The number of nitrogens with one attached hydrogen (secondary N) is 2. The van der Waals surface area contributed by atoms with Gasteiger partial charge in [-0.05, 0) is 49.6 Å². The summed E-state index contributed by atoms with van der Waals surface area (Å²) in [7, 11) is -3.48. The highest BCUT2D eigenvalue weighted by Crippen LogP contribution is 2.19. The molecular weight excluding hydrogens is 376 g/mol. The monoisotopic (exact) mass is 400 g/mol. The number of hydrogen-bond donors (Lipinski definition) is 2. The van der Waals surface area contributed by atoms with Crippen molar-refractivity contribution in [3.8, 4) is 0 Å². The number of benzene rings is 2. The maximum atomic E-state index is 12.3. The van der Waals surface area contributed by atoms with E-state index in [9.17, 15) is 18.0 Å². The summed E-state index contributed by atoms with van der Waals surface area (Å²) in [5, 5.41) is 5.64. The highest BCUT2D eigenvalue weighted by Gasteiger charge is 2.23. The quantitative estimate of drug-likeness (QED) is 0.712. The molecule has 2 amide bonds. The zero-order valence-corrected chi connectivity index (χ0v) is 16.6. The van der Waals surface area contributed by atoms with Gasteiger partial charge in [0.15, 0.2) is 9.84 Å². The minimum Gasteiger partial charge on any atom is -0.352 e. The number of rotatable bonds is 8. The first kappa shape index (κ1) is 20.1. The zero-order valence-electron chi connectivity index (χ0n) is 15.8. The number of amides is 2. The van der Waals surface area contributed by atoms with Crippen molar-refractivity contribution in [2.45, 2.75) is 43.7 Å². The van der Waals surface area contributed by atoms with E-state index in [1.807, 2.05) is 6.92 Å². The zero-order chi connectivity index (χ0) is 20.1. The van der Waals surface area contributed by atoms with Gasteiger partial charge in [0.1, 0.15) is 0 Å². The fraction of sp³-hybridized carbons (Fsp3) is 0.333. The molecule has 0 bridgehead atoms. The predicted molar refractivity (Wildman–Crippen MR) is 107 cm³/mol. The van der Waals surface area contributed by atoms with Crippen molar-refractivity contribution in [1.82, 2.24) is 10.6 Å². The van der Waals surface area contributed by atoms with E-state index in [4.69, 9.17) is 0 Å². The van der Waals surface area contributed by atoms with Crippen molar-refractivity contribution >= 4 is 21.7 Å². The van der Waals surface area contributed by atoms with Gasteiger partial charge in [0.2, 0.25) is 5.91 Å². The van der Waals surface area contributed by atoms with Gasteiger partial charge in [-0.1, -0.05) is 29.8 Å². The number of aryl methyl sites for hydroxylation is 1. The molecule has 0 aliphatic heterocycles. The third-order valence-electron chi connectivity index (χ3n) is 4.60. The van der Waals surface area contributed by atoms with E-state index in [-0.39, 0.29) is 35.4 Å². The Labute approximate surface area is 165 Å². The highest BCUT2D eigenvalue weighted by molar-refractivity contribution is 7.91. The number of hydrogen-bond acceptors (Lipinski definition) is 4. The Hall–Kier alpha value is -2.67. The average Bonchev–Trinajstić information content (AvgIpc) is 3.49. The number of sulfone groups is 1. The first-order valence-corrected chi connectivity index (χ1v) is 10.9. The maximum absolute atomic E-state index is 12.3. The molecule has 2 aromatic rings. The molecule has 0 spiro atoms. The third-order valence-corrected chi connectivity index (χ3v) is 6.33. The molecule has 0 radical (unpaired) electrons. The summed E-state index contributed by atoms with van der Waals surface area (Å²) in [6.07, 6.45) is 1.98. The molecule has 2 aromatic carbocycles. The molecule has 148 valence electrons. The second-order valence-electron chi connectivity index (χ2n) is 7.10. The topological polar surface area (TPSA) is 92.3 Å². The fourth-order valence-electron chi connectivity index (χ4n) is 2.65. The molecule has 0 aromatic heterocycles. The third kappa shape index (κ3) is 5.66. The Morgan fingerprint density at radius 1 is 1.00 bits per heavy atom. The minimum absolute atomic E-state index is 0.0839. The Morgan fingerprint density at radius 3 is 2.25 bits per heavy atom. The predicted octanol–water partition coefficient (Wildman–Crippen LogP) is 2.37. The first-order valence-electron chi connectivity index (χ1n) is 9.29. The second kappa shape index (κ2) is 8.56. The van der Waals surface area contributed by atoms with Crippen molar-refractivity contribution in [2.75, 3.05) is 5.75 Å². The van der Waals surface area contributed by atoms with E-state index in [2.05, 4.69) is 10.6 Å². The van der Waals surface area contributed by atoms with Gasteiger partial charge in [0, 0.05) is 24.6 Å². The molecule has 3 rings (SSSR count). The van der Waals surface area contributed by atoms with Gasteiger partial charge in [-0.25, -0.2) is 8.42 Å². The van der Waals surface area contributed by atoms with Gasteiger partial charge >= 0.3 is 0 Å². The van der Waals surface area contributed by atoms with Crippen molar-refractivity contribution in [3.63, 3.8) is 0 Å². The van der Waals surface area contributed by atoms with Crippen LogP contribution in [0, 0.1) is 6.92 Å². The molecule has 1 aliphatic carbocycles. The Morgan fingerprint density at radius 2 is 1.64 bits per heavy atom. The van der Waals surface area contributed by atoms with Gasteiger partial charge in [-0.15, -0.1) is 0 Å². The molecule has 0 heterocycles. The molecule has 7 heteroatoms. The summed E-state index contributed by atoms with van der Waals surface area (Å²) < 4.78 is 24.6. The van der Waals surface area contributed by atoms with E-state index in [0.29, 0.717) is 11.6 Å². The summed E-state index contributed by atoms with van der Waals surface area (Å²) in [5.41, 5.74) is 2.41. The van der Waals surface area contributed by atoms with Gasteiger partial charge in [-0.2, -0.15) is 0 Å². The van der Waals surface area contributed by atoms with E-state index in [1.165, 1.54) is 0 Å². The van der Waals surface area contributed by atoms with E-state index < -0.39 is 9.84 Å². The van der Waals surface area contributed by atoms with Crippen molar-refractivity contribution < 1.29 is 18.0 Å². The Kier molecular flexibility index (Phi) is 6.14. The van der Waals surface area contributed by atoms with E-state index >= 15 is 0 Å². The summed E-state index contributed by atoms with van der Waals surface area (Å²) >= 11 is 0. The van der Waals surface area contributed by atoms with Gasteiger partial charge in [-0.3, -0.25) is 9.59 Å². The summed E-state index contributed by atoms with van der Waals surface area (Å²) in [6.45, 7) is 2.17. The van der Waals surface area contributed by atoms with Crippen LogP contribution in [0.5, 0.6) is 0 Å². The van der Waals surface area contributed by atoms with Crippen LogP contribution in [0.3, 0.4) is 0 Å². The second-order valence-corrected chi connectivity index (χ2v) is 9.21. The summed E-state index contributed by atoms with van der Waals surface area (Å²) in [6, 6.07) is 13.9. The van der Waals surface area contributed by atoms with Crippen LogP contribution in [0.4, 0.5) is 0 Å². The van der Waals surface area contributed by atoms with Crippen LogP contribution in [0.1, 0.15) is 40.7 Å². The van der Waals surface area contributed by atoms with Crippen molar-refractivity contribution in [2.24, 2.45) is 0 Å². The molecule has 0 unspecified atom stereocenters. The van der Waals surface area contributed by atoms with Gasteiger partial charge in [0.05, 0.1) is 10.6 Å². The molecule has 0 atom stereocenters. The lowest BCUT2D eigenvalue weighted by atomic mass is 10.1. The minimum atomic E-state index is -3.48. The van der Waals surface area contributed by atoms with Crippen LogP contribution >= 0.6 is 0 Å². The fourth-order valence-corrected chi connectivity index (χ4v) is 3.89. The lowest BCUT2D eigenvalue weighted by molar-refractivity contribution is -0.120. The molecular formula is C21H24N2O4S. The van der Waals surface area contributed by atoms with Gasteiger partial charge in [0.25, 0.3) is 5.91 Å². The molecule has 0 saturated heterocycles. The molecule has 1 saturated carbocycles. The van der Waals surface area contributed by atoms with Crippen molar-refractivity contribution in [3.05, 3.63) is 65.2 Å². The van der Waals surface area contributed by atoms with E-state index in [1.54, 1.807) is 48.5 Å². The van der Waals surface area contributed by atoms with Crippen molar-refractivity contribution in [1.29, 1.82) is 0 Å². The normalized spacial score (nSPS) is 13.8. The average molecular weight is 401 g/mol. The lowest BCUT2D eigenvalue weighted by Gasteiger charge is -2.08. The maximum Gasteiger partial charge on any atom is 0.251 e. The summed E-state index contributed by atoms with van der Waals surface area (Å²) in [5.74, 6) is -0.645. The summed E-state index contributed by atoms with van der Waals surface area (Å²) in [4.78, 5) is 24.2. The molecule has 1 fully saturated rings. The first-order chi connectivity index (χ1) is 13.3. The van der Waals surface area contributed by atoms with Crippen LogP contribution in [-0.4, -0.2) is 32.0 Å². The largest absolute Gasteiger partial charge is 0.352 e. The molecule has 2 N–H and O–H groups in total. The highest BCUT2D eigenvalue weighted by atomic mass is 32.2. The van der Waals surface area contributed by atoms with Gasteiger partial charge < -0.3 is 10.6 Å². The van der Waals surface area contributed by atoms with Crippen LogP contribution in [0.2, 0.25) is 0 Å². The van der Waals surface area contributed by atoms with Crippen LogP contribution in [0.25, 0.3) is 0 Å². The standard InChI is InChI=1S/C21H24N2O4S/c1-15-2-10-19(11-3-15)28(26,27)13-12-20(24)22-14-16-4-6-17(7-5-16)21(25)23-18-8-9-18/h2-7,10-11,18H,8-9,12-14H2,1H3,(H,22,24)(H,23,25). The number of carbonyl (C=O) groups excluding carboxylic acids is 2. The SMILES string of the molecule is Cc1ccc(S(=O)(=O)CCC(=O)NCc2ccc(C(=O)NC3CC3)cc2)cc1. The van der Waals surface area contributed by atoms with E-state index in [0.717, 1.165) is 24.0 Å². The Bertz CT molecular complexity index is 947. The van der Waals surface area contributed by atoms with Crippen LogP contribution < -0.4 is 10.6 Å². The van der Waals surface area contributed by atoms with Crippen LogP contribution in [0.15, 0.2) is 53.4 Å². The van der Waals surface area contributed by atoms with Crippen LogP contribution in [-0.2, 0) is 21.2 Å². The lowest BCUT2D eigenvalue weighted by Crippen LogP contribution is -2.26.